The highest BCUT2D eigenvalue weighted by Crippen LogP contribution is 1.99. The van der Waals surface area contributed by atoms with Crippen LogP contribution in [-0.4, -0.2) is 31.0 Å². The van der Waals surface area contributed by atoms with Gasteiger partial charge in [0.25, 0.3) is 0 Å². The van der Waals surface area contributed by atoms with Crippen LogP contribution in [0.5, 0.6) is 0 Å². The van der Waals surface area contributed by atoms with E-state index >= 15 is 0 Å². The minimum atomic E-state index is -0.989. The monoisotopic (exact) mass is 300 g/mol. The Hall–Kier alpha value is -2.14. The molecule has 1 atom stereocenters. The summed E-state index contributed by atoms with van der Waals surface area (Å²) in [6.07, 6.45) is 4.24. The molecule has 1 amide bonds. The van der Waals surface area contributed by atoms with E-state index in [0.29, 0.717) is 6.54 Å². The maximum atomic E-state index is 10.8. The standard InChI is InChI=1S/C7H11NO4.C7H13NO/c1-4(2)6(9)11-5(3)12-7(8)10;1-2-3-4-5-6-8-7-9/h5H,1H2,2-3H3,(H2,8,10);2-6H2,1H3. The molecule has 120 valence electrons. The molecule has 0 heterocycles. The van der Waals surface area contributed by atoms with Crippen LogP contribution in [-0.2, 0) is 19.1 Å². The van der Waals surface area contributed by atoms with Crippen molar-refractivity contribution in [2.24, 2.45) is 10.7 Å². The Bertz CT molecular complexity index is 376. The Morgan fingerprint density at radius 2 is 1.90 bits per heavy atom. The fourth-order valence-electron chi connectivity index (χ4n) is 1.10. The van der Waals surface area contributed by atoms with E-state index in [1.807, 2.05) is 0 Å². The van der Waals surface area contributed by atoms with Crippen molar-refractivity contribution in [2.45, 2.75) is 52.7 Å². The minimum Gasteiger partial charge on any atom is -0.422 e. The van der Waals surface area contributed by atoms with Crippen LogP contribution in [0.3, 0.4) is 0 Å². The van der Waals surface area contributed by atoms with Crippen LogP contribution in [0.15, 0.2) is 17.1 Å². The molecule has 0 rings (SSSR count). The van der Waals surface area contributed by atoms with Crippen molar-refractivity contribution in [3.8, 4) is 0 Å². The molecule has 0 saturated heterocycles. The number of hydrogen-bond acceptors (Lipinski definition) is 6. The van der Waals surface area contributed by atoms with Crippen molar-refractivity contribution in [3.63, 3.8) is 0 Å². The summed E-state index contributed by atoms with van der Waals surface area (Å²) in [7, 11) is 0. The molecule has 7 heteroatoms. The number of nitrogens with two attached hydrogens (primary N) is 1. The first-order valence-electron chi connectivity index (χ1n) is 6.71. The van der Waals surface area contributed by atoms with Gasteiger partial charge in [0.15, 0.2) is 0 Å². The van der Waals surface area contributed by atoms with Crippen molar-refractivity contribution < 1.29 is 23.9 Å². The third kappa shape index (κ3) is 17.9. The number of isocyanates is 1. The zero-order chi connectivity index (χ0) is 16.7. The summed E-state index contributed by atoms with van der Waals surface area (Å²) < 4.78 is 8.89. The summed E-state index contributed by atoms with van der Waals surface area (Å²) >= 11 is 0. The lowest BCUT2D eigenvalue weighted by Crippen LogP contribution is -2.25. The molecule has 0 radical (unpaired) electrons. The number of aliphatic imine (C=N–C) groups is 1. The van der Waals surface area contributed by atoms with E-state index in [-0.39, 0.29) is 5.57 Å². The number of esters is 1. The van der Waals surface area contributed by atoms with Crippen LogP contribution in [0.2, 0.25) is 0 Å². The van der Waals surface area contributed by atoms with Gasteiger partial charge in [0.2, 0.25) is 12.4 Å². The Morgan fingerprint density at radius 1 is 1.29 bits per heavy atom. The van der Waals surface area contributed by atoms with Crippen molar-refractivity contribution in [1.82, 2.24) is 0 Å². The summed E-state index contributed by atoms with van der Waals surface area (Å²) in [4.78, 5) is 33.9. The van der Waals surface area contributed by atoms with Gasteiger partial charge in [-0.1, -0.05) is 32.8 Å². The second kappa shape index (κ2) is 14.3. The fraction of sp³-hybridized carbons (Fsp3) is 0.643. The first-order valence-corrected chi connectivity index (χ1v) is 6.71. The number of unbranched alkanes of at least 4 members (excludes halogenated alkanes) is 3. The highest BCUT2D eigenvalue weighted by Gasteiger charge is 2.11. The van der Waals surface area contributed by atoms with Crippen LogP contribution in [0.1, 0.15) is 46.5 Å². The molecular weight excluding hydrogens is 276 g/mol. The molecule has 0 aliphatic carbocycles. The van der Waals surface area contributed by atoms with Crippen molar-refractivity contribution in [2.75, 3.05) is 6.54 Å². The molecule has 0 saturated carbocycles. The third-order valence-electron chi connectivity index (χ3n) is 2.09. The summed E-state index contributed by atoms with van der Waals surface area (Å²) in [6.45, 7) is 9.02. The van der Waals surface area contributed by atoms with Gasteiger partial charge in [-0.3, -0.25) is 0 Å². The highest BCUT2D eigenvalue weighted by molar-refractivity contribution is 5.87. The van der Waals surface area contributed by atoms with Gasteiger partial charge in [-0.25, -0.2) is 19.4 Å². The van der Waals surface area contributed by atoms with Gasteiger partial charge in [0.05, 0.1) is 6.54 Å². The lowest BCUT2D eigenvalue weighted by molar-refractivity contribution is -0.159. The van der Waals surface area contributed by atoms with Crippen LogP contribution in [0.25, 0.3) is 0 Å². The lowest BCUT2D eigenvalue weighted by Gasteiger charge is -2.11. The summed E-state index contributed by atoms with van der Waals surface area (Å²) in [5.41, 5.74) is 4.90. The molecular formula is C14H24N2O5. The smallest absolute Gasteiger partial charge is 0.407 e. The second-order valence-corrected chi connectivity index (χ2v) is 4.22. The minimum absolute atomic E-state index is 0.231. The van der Waals surface area contributed by atoms with E-state index in [9.17, 15) is 14.4 Å². The Balaban J connectivity index is 0. The second-order valence-electron chi connectivity index (χ2n) is 4.22. The average Bonchev–Trinajstić information content (AvgIpc) is 2.38. The number of carbonyl (C=O) groups is 2. The zero-order valence-corrected chi connectivity index (χ0v) is 12.9. The molecule has 0 aromatic heterocycles. The molecule has 21 heavy (non-hydrogen) atoms. The Kier molecular flexibility index (Phi) is 14.4. The molecule has 7 nitrogen and oxygen atoms in total. The van der Waals surface area contributed by atoms with Crippen LogP contribution in [0.4, 0.5) is 4.79 Å². The van der Waals surface area contributed by atoms with Crippen LogP contribution < -0.4 is 5.73 Å². The lowest BCUT2D eigenvalue weighted by atomic mass is 10.2. The third-order valence-corrected chi connectivity index (χ3v) is 2.09. The maximum Gasteiger partial charge on any atom is 0.407 e. The van der Waals surface area contributed by atoms with Crippen molar-refractivity contribution in [1.29, 1.82) is 0 Å². The number of primary amides is 1. The Morgan fingerprint density at radius 3 is 2.33 bits per heavy atom. The van der Waals surface area contributed by atoms with Gasteiger partial charge < -0.3 is 15.2 Å². The molecule has 0 aromatic rings. The first-order chi connectivity index (χ1) is 9.84. The number of rotatable bonds is 8. The average molecular weight is 300 g/mol. The van der Waals surface area contributed by atoms with Crippen LogP contribution >= 0.6 is 0 Å². The summed E-state index contributed by atoms with van der Waals surface area (Å²) in [6, 6.07) is 0. The highest BCUT2D eigenvalue weighted by atomic mass is 16.7. The number of carbonyl (C=O) groups excluding carboxylic acids is 3. The summed E-state index contributed by atoms with van der Waals surface area (Å²) in [5.74, 6) is -0.622. The molecule has 2 N–H and O–H groups in total. The fourth-order valence-corrected chi connectivity index (χ4v) is 1.10. The largest absolute Gasteiger partial charge is 0.422 e. The predicted octanol–water partition coefficient (Wildman–Crippen LogP) is 2.45. The van der Waals surface area contributed by atoms with E-state index < -0.39 is 18.4 Å². The maximum absolute atomic E-state index is 10.8. The van der Waals surface area contributed by atoms with E-state index in [1.54, 1.807) is 0 Å². The topological polar surface area (TPSA) is 108 Å². The SMILES string of the molecule is C=C(C)C(=O)OC(C)OC(N)=O.CCCCCCN=C=O. The van der Waals surface area contributed by atoms with Gasteiger partial charge in [0, 0.05) is 12.5 Å². The van der Waals surface area contributed by atoms with Gasteiger partial charge in [-0.15, -0.1) is 0 Å². The number of hydrogen-bond donors (Lipinski definition) is 1. The van der Waals surface area contributed by atoms with Gasteiger partial charge in [0.1, 0.15) is 0 Å². The summed E-state index contributed by atoms with van der Waals surface area (Å²) in [5, 5.41) is 0. The molecule has 0 spiro atoms. The molecule has 0 aliphatic heterocycles. The number of amides is 1. The number of ether oxygens (including phenoxy) is 2. The van der Waals surface area contributed by atoms with E-state index in [1.165, 1.54) is 39.2 Å². The molecule has 0 fully saturated rings. The molecule has 0 bridgehead atoms. The molecule has 0 aliphatic rings. The molecule has 0 aromatic carbocycles. The Labute approximate surface area is 125 Å². The van der Waals surface area contributed by atoms with Crippen LogP contribution in [0, 0.1) is 0 Å². The van der Waals surface area contributed by atoms with Gasteiger partial charge in [-0.05, 0) is 13.3 Å². The van der Waals surface area contributed by atoms with Gasteiger partial charge in [-0.2, -0.15) is 0 Å². The number of nitrogens with zero attached hydrogens (tertiary/aromatic N) is 1. The van der Waals surface area contributed by atoms with Crippen molar-refractivity contribution >= 4 is 18.1 Å². The first kappa shape index (κ1) is 21.2. The van der Waals surface area contributed by atoms with Crippen molar-refractivity contribution in [3.05, 3.63) is 12.2 Å². The predicted molar refractivity (Wildman–Crippen MR) is 78.2 cm³/mol. The zero-order valence-electron chi connectivity index (χ0n) is 12.9. The molecule has 1 unspecified atom stereocenters. The normalized spacial score (nSPS) is 10.2. The van der Waals surface area contributed by atoms with E-state index in [2.05, 4.69) is 33.7 Å². The van der Waals surface area contributed by atoms with E-state index in [4.69, 9.17) is 0 Å². The van der Waals surface area contributed by atoms with E-state index in [0.717, 1.165) is 6.42 Å². The van der Waals surface area contributed by atoms with Gasteiger partial charge >= 0.3 is 12.1 Å². The quantitative estimate of drug-likeness (QED) is 0.185.